The van der Waals surface area contributed by atoms with E-state index >= 15 is 0 Å². The minimum absolute atomic E-state index is 0.0373. The molecule has 0 saturated carbocycles. The van der Waals surface area contributed by atoms with Crippen molar-refractivity contribution in [3.8, 4) is 0 Å². The first-order valence-electron chi connectivity index (χ1n) is 7.32. The molecule has 1 saturated heterocycles. The molecule has 7 heteroatoms. The maximum absolute atomic E-state index is 12.3. The molecule has 2 amide bonds. The fourth-order valence-corrected chi connectivity index (χ4v) is 2.46. The third kappa shape index (κ3) is 4.43. The Morgan fingerprint density at radius 3 is 2.82 bits per heavy atom. The third-order valence-electron chi connectivity index (χ3n) is 3.27. The first-order chi connectivity index (χ1) is 10.5. The number of carbonyl (C=O) groups is 2. The molecule has 2 rings (SSSR count). The number of halogens is 1. The average molecular weight is 370 g/mol. The van der Waals surface area contributed by atoms with Crippen LogP contribution in [-0.4, -0.2) is 48.1 Å². The lowest BCUT2D eigenvalue weighted by atomic mass is 10.2. The minimum Gasteiger partial charge on any atom is -0.449 e. The van der Waals surface area contributed by atoms with Crippen molar-refractivity contribution in [3.05, 3.63) is 22.8 Å². The molecule has 0 atom stereocenters. The first kappa shape index (κ1) is 16.7. The smallest absolute Gasteiger partial charge is 0.409 e. The van der Waals surface area contributed by atoms with Gasteiger partial charge in [-0.15, -0.1) is 0 Å². The molecule has 1 fully saturated rings. The van der Waals surface area contributed by atoms with Gasteiger partial charge in [0.05, 0.1) is 6.61 Å². The topological polar surface area (TPSA) is 62.7 Å². The fourth-order valence-electron chi connectivity index (χ4n) is 2.12. The highest BCUT2D eigenvalue weighted by atomic mass is 79.9. The summed E-state index contributed by atoms with van der Waals surface area (Å²) in [6.07, 6.45) is -0.0871. The quantitative estimate of drug-likeness (QED) is 0.768. The lowest BCUT2D eigenvalue weighted by molar-refractivity contribution is -0.118. The van der Waals surface area contributed by atoms with Crippen LogP contribution in [0.1, 0.15) is 20.3 Å². The van der Waals surface area contributed by atoms with Crippen LogP contribution >= 0.6 is 15.9 Å². The van der Waals surface area contributed by atoms with Crippen LogP contribution in [0.5, 0.6) is 0 Å². The highest BCUT2D eigenvalue weighted by molar-refractivity contribution is 9.10. The van der Waals surface area contributed by atoms with E-state index in [0.29, 0.717) is 42.6 Å². The molecular weight excluding hydrogens is 350 g/mol. The van der Waals surface area contributed by atoms with Crippen molar-refractivity contribution >= 4 is 33.7 Å². The summed E-state index contributed by atoms with van der Waals surface area (Å²) in [7, 11) is 0. The Morgan fingerprint density at radius 1 is 1.36 bits per heavy atom. The molecule has 22 heavy (non-hydrogen) atoms. The Labute approximate surface area is 138 Å². The van der Waals surface area contributed by atoms with Gasteiger partial charge in [0.2, 0.25) is 5.91 Å². The van der Waals surface area contributed by atoms with Crippen LogP contribution in [0.4, 0.5) is 10.6 Å². The Bertz CT molecular complexity index is 551. The van der Waals surface area contributed by atoms with Crippen molar-refractivity contribution in [2.24, 2.45) is 5.92 Å². The van der Waals surface area contributed by atoms with Crippen LogP contribution in [0, 0.1) is 5.92 Å². The largest absolute Gasteiger partial charge is 0.449 e. The highest BCUT2D eigenvalue weighted by Gasteiger charge is 2.26. The summed E-state index contributed by atoms with van der Waals surface area (Å²) in [4.78, 5) is 31.8. The number of ether oxygens (including phenoxy) is 1. The predicted molar refractivity (Wildman–Crippen MR) is 86.7 cm³/mol. The van der Waals surface area contributed by atoms with Gasteiger partial charge in [0.15, 0.2) is 0 Å². The molecule has 6 nitrogen and oxygen atoms in total. The zero-order chi connectivity index (χ0) is 16.1. The van der Waals surface area contributed by atoms with Crippen LogP contribution in [0.3, 0.4) is 0 Å². The van der Waals surface area contributed by atoms with Crippen LogP contribution in [-0.2, 0) is 9.53 Å². The highest BCUT2D eigenvalue weighted by Crippen LogP contribution is 2.18. The second-order valence-corrected chi connectivity index (χ2v) is 6.38. The number of nitrogens with zero attached hydrogens (tertiary/aromatic N) is 3. The molecule has 0 bridgehead atoms. The third-order valence-corrected chi connectivity index (χ3v) is 3.71. The Morgan fingerprint density at radius 2 is 2.14 bits per heavy atom. The second kappa shape index (κ2) is 7.58. The SMILES string of the molecule is CC(C)COC(=O)N1CCC(=O)N(c2cccc(Br)n2)CC1. The van der Waals surface area contributed by atoms with E-state index < -0.39 is 0 Å². The number of hydrogen-bond acceptors (Lipinski definition) is 4. The summed E-state index contributed by atoms with van der Waals surface area (Å²) < 4.78 is 5.90. The minimum atomic E-state index is -0.356. The van der Waals surface area contributed by atoms with Gasteiger partial charge in [0.1, 0.15) is 10.4 Å². The zero-order valence-corrected chi connectivity index (χ0v) is 14.4. The molecule has 0 aromatic carbocycles. The summed E-state index contributed by atoms with van der Waals surface area (Å²) in [6.45, 7) is 5.59. The van der Waals surface area contributed by atoms with Gasteiger partial charge in [-0.2, -0.15) is 0 Å². The average Bonchev–Trinajstić information content (AvgIpc) is 2.67. The van der Waals surface area contributed by atoms with Gasteiger partial charge in [-0.05, 0) is 34.0 Å². The predicted octanol–water partition coefficient (Wildman–Crippen LogP) is 2.68. The normalized spacial score (nSPS) is 15.9. The summed E-state index contributed by atoms with van der Waals surface area (Å²) >= 11 is 3.30. The van der Waals surface area contributed by atoms with Crippen LogP contribution in [0.2, 0.25) is 0 Å². The van der Waals surface area contributed by atoms with Crippen LogP contribution < -0.4 is 4.90 Å². The van der Waals surface area contributed by atoms with Gasteiger partial charge in [0, 0.05) is 26.1 Å². The number of anilines is 1. The van der Waals surface area contributed by atoms with E-state index in [9.17, 15) is 9.59 Å². The van der Waals surface area contributed by atoms with Crippen molar-refractivity contribution < 1.29 is 14.3 Å². The van der Waals surface area contributed by atoms with Crippen LogP contribution in [0.25, 0.3) is 0 Å². The number of rotatable bonds is 3. The van der Waals surface area contributed by atoms with Crippen molar-refractivity contribution in [2.45, 2.75) is 20.3 Å². The maximum atomic E-state index is 12.3. The fraction of sp³-hybridized carbons (Fsp3) is 0.533. The van der Waals surface area contributed by atoms with Gasteiger partial charge >= 0.3 is 6.09 Å². The van der Waals surface area contributed by atoms with E-state index in [4.69, 9.17) is 4.74 Å². The van der Waals surface area contributed by atoms with E-state index in [-0.39, 0.29) is 18.4 Å². The van der Waals surface area contributed by atoms with E-state index in [1.54, 1.807) is 21.9 Å². The summed E-state index contributed by atoms with van der Waals surface area (Å²) in [5.41, 5.74) is 0. The molecule has 0 radical (unpaired) electrons. The molecule has 0 unspecified atom stereocenters. The van der Waals surface area contributed by atoms with Crippen molar-refractivity contribution in [2.75, 3.05) is 31.1 Å². The molecule has 1 aromatic heterocycles. The molecular formula is C15H20BrN3O3. The number of aromatic nitrogens is 1. The standard InChI is InChI=1S/C15H20BrN3O3/c1-11(2)10-22-15(21)18-7-6-14(20)19(9-8-18)13-5-3-4-12(16)17-13/h3-5,11H,6-10H2,1-2H3. The van der Waals surface area contributed by atoms with E-state index in [1.807, 2.05) is 19.9 Å². The Kier molecular flexibility index (Phi) is 5.76. The lowest BCUT2D eigenvalue weighted by Gasteiger charge is -2.21. The zero-order valence-electron chi connectivity index (χ0n) is 12.8. The van der Waals surface area contributed by atoms with E-state index in [1.165, 1.54) is 0 Å². The summed E-state index contributed by atoms with van der Waals surface area (Å²) in [5, 5.41) is 0. The number of pyridine rings is 1. The van der Waals surface area contributed by atoms with Gasteiger partial charge in [-0.3, -0.25) is 9.69 Å². The Hall–Kier alpha value is -1.63. The van der Waals surface area contributed by atoms with E-state index in [0.717, 1.165) is 0 Å². The molecule has 2 heterocycles. The van der Waals surface area contributed by atoms with Crippen molar-refractivity contribution in [1.82, 2.24) is 9.88 Å². The molecule has 120 valence electrons. The van der Waals surface area contributed by atoms with Gasteiger partial charge in [0.25, 0.3) is 0 Å². The van der Waals surface area contributed by atoms with Crippen molar-refractivity contribution in [3.63, 3.8) is 0 Å². The van der Waals surface area contributed by atoms with Gasteiger partial charge in [-0.1, -0.05) is 19.9 Å². The molecule has 1 aliphatic heterocycles. The van der Waals surface area contributed by atoms with Gasteiger partial charge < -0.3 is 9.64 Å². The first-order valence-corrected chi connectivity index (χ1v) is 8.11. The lowest BCUT2D eigenvalue weighted by Crippen LogP contribution is -2.36. The molecule has 1 aliphatic rings. The maximum Gasteiger partial charge on any atom is 0.409 e. The molecule has 1 aromatic rings. The second-order valence-electron chi connectivity index (χ2n) is 5.57. The van der Waals surface area contributed by atoms with Gasteiger partial charge in [-0.25, -0.2) is 9.78 Å². The monoisotopic (exact) mass is 369 g/mol. The molecule has 0 spiro atoms. The number of carbonyl (C=O) groups excluding carboxylic acids is 2. The number of hydrogen-bond donors (Lipinski definition) is 0. The Balaban J connectivity index is 2.01. The summed E-state index contributed by atoms with van der Waals surface area (Å²) in [6, 6.07) is 5.43. The summed E-state index contributed by atoms with van der Waals surface area (Å²) in [5.74, 6) is 0.849. The van der Waals surface area contributed by atoms with Crippen LogP contribution in [0.15, 0.2) is 22.8 Å². The number of amides is 2. The molecule has 0 N–H and O–H groups in total. The van der Waals surface area contributed by atoms with E-state index in [2.05, 4.69) is 20.9 Å². The van der Waals surface area contributed by atoms with Crippen molar-refractivity contribution in [1.29, 1.82) is 0 Å². The molecule has 0 aliphatic carbocycles.